The Morgan fingerprint density at radius 3 is 1.62 bits per heavy atom. The lowest BCUT2D eigenvalue weighted by Crippen LogP contribution is -2.25. The van der Waals surface area contributed by atoms with E-state index < -0.39 is 13.3 Å². The molecule has 0 heterocycles. The molecule has 0 fully saturated rings. The number of nitrogens with one attached hydrogen (secondary N) is 1. The molecule has 0 aromatic carbocycles. The maximum atomic E-state index is 11.7. The first-order valence-corrected chi connectivity index (χ1v) is 13.2. The lowest BCUT2D eigenvalue weighted by molar-refractivity contribution is -0.121. The van der Waals surface area contributed by atoms with Crippen LogP contribution in [-0.4, -0.2) is 23.2 Å². The largest absolute Gasteiger partial charge is 0.333 e. The second kappa shape index (κ2) is 20.9. The molecule has 32 heavy (non-hydrogen) atoms. The zero-order valence-corrected chi connectivity index (χ0v) is 20.9. The van der Waals surface area contributed by atoms with Gasteiger partial charge in [0.15, 0.2) is 0 Å². The van der Waals surface area contributed by atoms with Crippen molar-refractivity contribution in [2.24, 2.45) is 0 Å². The number of allylic oxidation sites excluding steroid dienone is 12. The molecule has 0 aliphatic carbocycles. The molecule has 0 spiro atoms. The summed E-state index contributed by atoms with van der Waals surface area (Å²) in [5.74, 6) is -0.201. The molecular formula is C26H42NO4P. The Bertz CT molecular complexity index is 703. The summed E-state index contributed by atoms with van der Waals surface area (Å²) in [5.41, 5.74) is -0.488. The van der Waals surface area contributed by atoms with Crippen molar-refractivity contribution in [1.29, 1.82) is 0 Å². The van der Waals surface area contributed by atoms with Crippen LogP contribution >= 0.6 is 7.60 Å². The second-order valence-corrected chi connectivity index (χ2v) is 9.90. The van der Waals surface area contributed by atoms with Crippen molar-refractivity contribution in [3.8, 4) is 0 Å². The van der Waals surface area contributed by atoms with Crippen molar-refractivity contribution in [2.45, 2.75) is 77.8 Å². The van der Waals surface area contributed by atoms with Gasteiger partial charge in [0.25, 0.3) is 0 Å². The lowest BCUT2D eigenvalue weighted by Gasteiger charge is -2.15. The van der Waals surface area contributed by atoms with Crippen molar-refractivity contribution in [3.05, 3.63) is 72.9 Å². The van der Waals surface area contributed by atoms with Gasteiger partial charge in [0.05, 0.1) is 5.66 Å². The number of hydrogen-bond donors (Lipinski definition) is 2. The van der Waals surface area contributed by atoms with Gasteiger partial charge in [-0.05, 0) is 44.9 Å². The highest BCUT2D eigenvalue weighted by molar-refractivity contribution is 7.53. The van der Waals surface area contributed by atoms with Crippen LogP contribution in [0.25, 0.3) is 0 Å². The van der Waals surface area contributed by atoms with Gasteiger partial charge >= 0.3 is 7.60 Å². The van der Waals surface area contributed by atoms with E-state index in [0.29, 0.717) is 12.8 Å². The van der Waals surface area contributed by atoms with Gasteiger partial charge in [-0.25, -0.2) is 0 Å². The quantitative estimate of drug-likeness (QED) is 0.129. The summed E-state index contributed by atoms with van der Waals surface area (Å²) in [6.45, 7) is 5.10. The molecule has 0 radical (unpaired) electrons. The molecule has 0 bridgehead atoms. The summed E-state index contributed by atoms with van der Waals surface area (Å²) in [7, 11) is -3.64. The third kappa shape index (κ3) is 20.0. The fourth-order valence-electron chi connectivity index (χ4n) is 2.30. The van der Waals surface area contributed by atoms with Gasteiger partial charge in [-0.2, -0.15) is 0 Å². The predicted octanol–water partition coefficient (Wildman–Crippen LogP) is 7.15. The molecule has 1 atom stereocenters. The van der Waals surface area contributed by atoms with Crippen molar-refractivity contribution >= 4 is 13.5 Å². The van der Waals surface area contributed by atoms with Crippen molar-refractivity contribution < 1.29 is 18.8 Å². The molecule has 1 unspecified atom stereocenters. The van der Waals surface area contributed by atoms with Gasteiger partial charge in [-0.1, -0.05) is 93.7 Å². The zero-order valence-electron chi connectivity index (χ0n) is 20.0. The Kier molecular flexibility index (Phi) is 19.7. The third-order valence-electron chi connectivity index (χ3n) is 4.31. The molecule has 2 N–H and O–H groups in total. The number of carbonyl (C=O) groups is 1. The van der Waals surface area contributed by atoms with E-state index in [4.69, 9.17) is 4.52 Å². The maximum absolute atomic E-state index is 11.7. The molecule has 0 aliphatic rings. The van der Waals surface area contributed by atoms with E-state index >= 15 is 0 Å². The molecule has 0 aromatic heterocycles. The number of amides is 1. The zero-order chi connectivity index (χ0) is 23.9. The smallest absolute Gasteiger partial charge is 0.332 e. The first-order valence-electron chi connectivity index (χ1n) is 11.5. The van der Waals surface area contributed by atoms with E-state index in [2.05, 4.69) is 73.0 Å². The standard InChI is InChI=1S/C26H42NO4P/c1-4-5-6-7-8-9-10-11-12-13-14-15-16-17-18-19-20-21-22-23-26(28)27-24-31-32(29,30)25(2)3/h5-6,8-9,11-12,14-15,17-18,20-21,25H,4,7,10,13,16,19,22-24H2,1-3H3,(H,27,28)(H,29,30)/b6-5-,9-8-,12-11-,15-14-,18-17-,21-20-. The van der Waals surface area contributed by atoms with Crippen molar-refractivity contribution in [3.63, 3.8) is 0 Å². The van der Waals surface area contributed by atoms with Gasteiger partial charge in [0.2, 0.25) is 5.91 Å². The van der Waals surface area contributed by atoms with Gasteiger partial charge in [0, 0.05) is 6.42 Å². The lowest BCUT2D eigenvalue weighted by atomic mass is 10.2. The Labute approximate surface area is 195 Å². The van der Waals surface area contributed by atoms with E-state index in [1.54, 1.807) is 13.8 Å². The number of carbonyl (C=O) groups excluding carboxylic acids is 1. The van der Waals surface area contributed by atoms with E-state index in [-0.39, 0.29) is 12.6 Å². The van der Waals surface area contributed by atoms with E-state index in [0.717, 1.165) is 38.5 Å². The van der Waals surface area contributed by atoms with Gasteiger partial charge in [-0.15, -0.1) is 0 Å². The topological polar surface area (TPSA) is 75.6 Å². The average Bonchev–Trinajstić information content (AvgIpc) is 2.75. The highest BCUT2D eigenvalue weighted by Gasteiger charge is 2.24. The minimum atomic E-state index is -3.64. The first kappa shape index (κ1) is 30.1. The maximum Gasteiger partial charge on any atom is 0.332 e. The highest BCUT2D eigenvalue weighted by atomic mass is 31.2. The molecule has 0 saturated carbocycles. The van der Waals surface area contributed by atoms with Crippen LogP contribution in [0.5, 0.6) is 0 Å². The van der Waals surface area contributed by atoms with Gasteiger partial charge in [0.1, 0.15) is 6.73 Å². The number of hydrogen-bond acceptors (Lipinski definition) is 3. The summed E-state index contributed by atoms with van der Waals surface area (Å²) in [4.78, 5) is 21.2. The third-order valence-corrected chi connectivity index (χ3v) is 6.11. The monoisotopic (exact) mass is 463 g/mol. The van der Waals surface area contributed by atoms with Crippen molar-refractivity contribution in [2.75, 3.05) is 6.73 Å². The molecule has 5 nitrogen and oxygen atoms in total. The summed E-state index contributed by atoms with van der Waals surface area (Å²) >= 11 is 0. The Morgan fingerprint density at radius 1 is 0.812 bits per heavy atom. The van der Waals surface area contributed by atoms with Gasteiger partial charge < -0.3 is 10.2 Å². The summed E-state index contributed by atoms with van der Waals surface area (Å²) < 4.78 is 16.4. The minimum Gasteiger partial charge on any atom is -0.333 e. The van der Waals surface area contributed by atoms with Crippen LogP contribution in [0.1, 0.15) is 72.1 Å². The van der Waals surface area contributed by atoms with Crippen LogP contribution < -0.4 is 5.32 Å². The van der Waals surface area contributed by atoms with Crippen LogP contribution in [0, 0.1) is 0 Å². The molecule has 1 amide bonds. The molecule has 180 valence electrons. The molecule has 0 aromatic rings. The molecule has 6 heteroatoms. The fourth-order valence-corrected chi connectivity index (χ4v) is 2.84. The van der Waals surface area contributed by atoms with Gasteiger partial charge in [-0.3, -0.25) is 13.9 Å². The van der Waals surface area contributed by atoms with Crippen LogP contribution in [0.3, 0.4) is 0 Å². The SMILES string of the molecule is CC/C=C\C/C=C\C/C=C\C/C=C\C/C=C\C/C=C\CCC(=O)NCOP(=O)(O)C(C)C. The molecule has 0 saturated heterocycles. The minimum absolute atomic E-state index is 0.201. The molecular weight excluding hydrogens is 421 g/mol. The van der Waals surface area contributed by atoms with Crippen molar-refractivity contribution in [1.82, 2.24) is 5.32 Å². The Hall–Kier alpha value is -1.94. The van der Waals surface area contributed by atoms with E-state index in [1.807, 2.05) is 12.2 Å². The Morgan fingerprint density at radius 2 is 1.22 bits per heavy atom. The Balaban J connectivity index is 3.68. The highest BCUT2D eigenvalue weighted by Crippen LogP contribution is 2.46. The van der Waals surface area contributed by atoms with E-state index in [9.17, 15) is 14.3 Å². The predicted molar refractivity (Wildman–Crippen MR) is 137 cm³/mol. The summed E-state index contributed by atoms with van der Waals surface area (Å²) in [6.07, 6.45) is 32.4. The van der Waals surface area contributed by atoms with Crippen LogP contribution in [-0.2, 0) is 13.9 Å². The van der Waals surface area contributed by atoms with Crippen LogP contribution in [0.15, 0.2) is 72.9 Å². The van der Waals surface area contributed by atoms with Crippen LogP contribution in [0.2, 0.25) is 0 Å². The second-order valence-electron chi connectivity index (χ2n) is 7.49. The average molecular weight is 464 g/mol. The number of rotatable bonds is 18. The summed E-state index contributed by atoms with van der Waals surface area (Å²) in [6, 6.07) is 0. The normalized spacial score (nSPS) is 14.9. The molecule has 0 rings (SSSR count). The van der Waals surface area contributed by atoms with Crippen LogP contribution in [0.4, 0.5) is 0 Å². The first-order chi connectivity index (χ1) is 15.4. The molecule has 0 aliphatic heterocycles. The summed E-state index contributed by atoms with van der Waals surface area (Å²) in [5, 5.41) is 2.49. The van der Waals surface area contributed by atoms with E-state index in [1.165, 1.54) is 0 Å². The fraction of sp³-hybridized carbons (Fsp3) is 0.500.